The Kier molecular flexibility index (Phi) is 3.18. The number of carbonyl (C=O) groups excluding carboxylic acids is 2. The lowest BCUT2D eigenvalue weighted by atomic mass is 9.99. The Labute approximate surface area is 98.1 Å². The van der Waals surface area contributed by atoms with E-state index in [9.17, 15) is 9.59 Å². The topological polar surface area (TPSA) is 65.0 Å². The molecule has 0 saturated carbocycles. The molecule has 0 aromatic rings. The molecule has 1 aliphatic heterocycles. The zero-order valence-corrected chi connectivity index (χ0v) is 9.25. The van der Waals surface area contributed by atoms with Crippen molar-refractivity contribution in [3.05, 3.63) is 36.3 Å². The van der Waals surface area contributed by atoms with E-state index in [1.807, 2.05) is 0 Å². The number of hydrogen-bond acceptors (Lipinski definition) is 5. The zero-order valence-electron chi connectivity index (χ0n) is 9.25. The van der Waals surface area contributed by atoms with Crippen LogP contribution in [-0.2, 0) is 19.1 Å². The van der Waals surface area contributed by atoms with Crippen molar-refractivity contribution >= 4 is 17.7 Å². The summed E-state index contributed by atoms with van der Waals surface area (Å²) in [5.41, 5.74) is 0.0811. The van der Waals surface area contributed by atoms with Gasteiger partial charge in [-0.2, -0.15) is 0 Å². The molecule has 0 N–H and O–H groups in total. The number of ether oxygens (including phenoxy) is 2. The van der Waals surface area contributed by atoms with Gasteiger partial charge in [-0.3, -0.25) is 4.79 Å². The maximum atomic E-state index is 11.5. The number of cyclic esters (lactones) is 1. The molecule has 0 amide bonds. The lowest BCUT2D eigenvalue weighted by molar-refractivity contribution is -0.130. The summed E-state index contributed by atoms with van der Waals surface area (Å²) in [6, 6.07) is 0. The third-order valence-electron chi connectivity index (χ3n) is 2.25. The Morgan fingerprint density at radius 1 is 1.47 bits per heavy atom. The number of ketones is 1. The van der Waals surface area contributed by atoms with E-state index < -0.39 is 11.9 Å². The van der Waals surface area contributed by atoms with Crippen LogP contribution in [0.15, 0.2) is 41.3 Å². The van der Waals surface area contributed by atoms with Crippen molar-refractivity contribution in [1.82, 2.24) is 0 Å². The molecular formula is C12H11NO4. The van der Waals surface area contributed by atoms with Crippen LogP contribution in [0.1, 0.15) is 6.92 Å². The second-order valence-corrected chi connectivity index (χ2v) is 3.42. The molecule has 1 unspecified atom stereocenters. The Bertz CT molecular complexity index is 471. The first-order chi connectivity index (χ1) is 8.22. The van der Waals surface area contributed by atoms with Crippen molar-refractivity contribution in [2.45, 2.75) is 6.92 Å². The SMILES string of the molecule is CCOC=C1N=C(C2C=CC=CC2=O)OC1=O. The van der Waals surface area contributed by atoms with E-state index in [0.29, 0.717) is 6.61 Å². The van der Waals surface area contributed by atoms with Gasteiger partial charge in [0.05, 0.1) is 6.61 Å². The van der Waals surface area contributed by atoms with Gasteiger partial charge in [-0.25, -0.2) is 9.79 Å². The summed E-state index contributed by atoms with van der Waals surface area (Å²) in [7, 11) is 0. The van der Waals surface area contributed by atoms with Crippen molar-refractivity contribution in [3.63, 3.8) is 0 Å². The van der Waals surface area contributed by atoms with Crippen LogP contribution >= 0.6 is 0 Å². The average Bonchev–Trinajstić information content (AvgIpc) is 2.68. The Balaban J connectivity index is 2.18. The first-order valence-corrected chi connectivity index (χ1v) is 5.23. The fraction of sp³-hybridized carbons (Fsp3) is 0.250. The van der Waals surface area contributed by atoms with E-state index in [1.54, 1.807) is 25.2 Å². The third kappa shape index (κ3) is 2.33. The van der Waals surface area contributed by atoms with Gasteiger partial charge in [0, 0.05) is 0 Å². The fourth-order valence-electron chi connectivity index (χ4n) is 1.43. The summed E-state index contributed by atoms with van der Waals surface area (Å²) in [4.78, 5) is 26.9. The highest BCUT2D eigenvalue weighted by Crippen LogP contribution is 2.19. The van der Waals surface area contributed by atoms with Gasteiger partial charge >= 0.3 is 5.97 Å². The summed E-state index contributed by atoms with van der Waals surface area (Å²) in [5, 5.41) is 0. The molecule has 0 bridgehead atoms. The van der Waals surface area contributed by atoms with Gasteiger partial charge in [0.15, 0.2) is 11.5 Å². The molecule has 5 heteroatoms. The van der Waals surface area contributed by atoms with E-state index in [-0.39, 0.29) is 17.4 Å². The van der Waals surface area contributed by atoms with E-state index in [1.165, 1.54) is 12.3 Å². The van der Waals surface area contributed by atoms with Crippen LogP contribution < -0.4 is 0 Å². The molecule has 1 aliphatic carbocycles. The largest absolute Gasteiger partial charge is 0.499 e. The number of allylic oxidation sites excluding steroid dienone is 3. The molecule has 2 aliphatic rings. The number of aliphatic imine (C=N–C) groups is 1. The number of carbonyl (C=O) groups is 2. The van der Waals surface area contributed by atoms with Crippen molar-refractivity contribution < 1.29 is 19.1 Å². The monoisotopic (exact) mass is 233 g/mol. The van der Waals surface area contributed by atoms with Gasteiger partial charge in [-0.15, -0.1) is 0 Å². The maximum absolute atomic E-state index is 11.5. The van der Waals surface area contributed by atoms with Crippen molar-refractivity contribution in [2.75, 3.05) is 6.61 Å². The minimum atomic E-state index is -0.614. The van der Waals surface area contributed by atoms with Crippen molar-refractivity contribution in [3.8, 4) is 0 Å². The fourth-order valence-corrected chi connectivity index (χ4v) is 1.43. The summed E-state index contributed by atoms with van der Waals surface area (Å²) < 4.78 is 9.90. The second kappa shape index (κ2) is 4.78. The Morgan fingerprint density at radius 3 is 3.00 bits per heavy atom. The summed E-state index contributed by atoms with van der Waals surface area (Å²) >= 11 is 0. The van der Waals surface area contributed by atoms with Crippen LogP contribution in [0.5, 0.6) is 0 Å². The van der Waals surface area contributed by atoms with E-state index in [2.05, 4.69) is 4.99 Å². The quantitative estimate of drug-likeness (QED) is 0.416. The minimum Gasteiger partial charge on any atom is -0.499 e. The molecule has 88 valence electrons. The summed E-state index contributed by atoms with van der Waals surface area (Å²) in [6.07, 6.45) is 7.64. The number of nitrogens with zero attached hydrogens (tertiary/aromatic N) is 1. The van der Waals surface area contributed by atoms with E-state index >= 15 is 0 Å². The van der Waals surface area contributed by atoms with Crippen LogP contribution in [0.4, 0.5) is 0 Å². The van der Waals surface area contributed by atoms with Gasteiger partial charge in [0.2, 0.25) is 5.90 Å². The predicted octanol–water partition coefficient (Wildman–Crippen LogP) is 1.13. The van der Waals surface area contributed by atoms with Crippen LogP contribution in [0.2, 0.25) is 0 Å². The van der Waals surface area contributed by atoms with Gasteiger partial charge in [-0.1, -0.05) is 18.2 Å². The van der Waals surface area contributed by atoms with Gasteiger partial charge in [0.1, 0.15) is 12.2 Å². The highest BCUT2D eigenvalue weighted by molar-refractivity contribution is 6.15. The van der Waals surface area contributed by atoms with Gasteiger partial charge < -0.3 is 9.47 Å². The van der Waals surface area contributed by atoms with E-state index in [4.69, 9.17) is 9.47 Å². The molecule has 5 nitrogen and oxygen atoms in total. The molecule has 0 aromatic carbocycles. The maximum Gasteiger partial charge on any atom is 0.366 e. The molecular weight excluding hydrogens is 222 g/mol. The molecule has 17 heavy (non-hydrogen) atoms. The molecule has 0 spiro atoms. The average molecular weight is 233 g/mol. The molecule has 0 aromatic heterocycles. The van der Waals surface area contributed by atoms with Crippen LogP contribution in [0.3, 0.4) is 0 Å². The highest BCUT2D eigenvalue weighted by Gasteiger charge is 2.32. The lowest BCUT2D eigenvalue weighted by Gasteiger charge is -2.09. The summed E-state index contributed by atoms with van der Waals surface area (Å²) in [5.74, 6) is -1.26. The molecule has 2 rings (SSSR count). The molecule has 1 atom stereocenters. The molecule has 1 heterocycles. The van der Waals surface area contributed by atoms with E-state index in [0.717, 1.165) is 0 Å². The first kappa shape index (κ1) is 11.3. The van der Waals surface area contributed by atoms with Crippen LogP contribution in [0.25, 0.3) is 0 Å². The number of hydrogen-bond donors (Lipinski definition) is 0. The minimum absolute atomic E-state index is 0.0811. The number of rotatable bonds is 3. The van der Waals surface area contributed by atoms with Gasteiger partial charge in [-0.05, 0) is 13.0 Å². The lowest BCUT2D eigenvalue weighted by Crippen LogP contribution is -2.23. The van der Waals surface area contributed by atoms with Crippen LogP contribution in [-0.4, -0.2) is 24.3 Å². The van der Waals surface area contributed by atoms with Crippen molar-refractivity contribution in [1.29, 1.82) is 0 Å². The molecule has 0 fully saturated rings. The van der Waals surface area contributed by atoms with Crippen molar-refractivity contribution in [2.24, 2.45) is 10.9 Å². The third-order valence-corrected chi connectivity index (χ3v) is 2.25. The summed E-state index contributed by atoms with van der Waals surface area (Å²) in [6.45, 7) is 2.23. The Hall–Kier alpha value is -2.17. The standard InChI is InChI=1S/C12H11NO4/c1-2-16-7-9-12(15)17-11(13-9)8-5-3-4-6-10(8)14/h3-8H,2H2,1H3. The zero-order chi connectivity index (χ0) is 12.3. The smallest absolute Gasteiger partial charge is 0.366 e. The normalized spacial score (nSPS) is 25.1. The highest BCUT2D eigenvalue weighted by atomic mass is 16.6. The van der Waals surface area contributed by atoms with Crippen LogP contribution in [0, 0.1) is 5.92 Å². The molecule has 0 saturated heterocycles. The molecule has 0 radical (unpaired) electrons. The number of esters is 1. The first-order valence-electron chi connectivity index (χ1n) is 5.23. The second-order valence-electron chi connectivity index (χ2n) is 3.42. The predicted molar refractivity (Wildman–Crippen MR) is 60.0 cm³/mol. The van der Waals surface area contributed by atoms with Gasteiger partial charge in [0.25, 0.3) is 0 Å². The Morgan fingerprint density at radius 2 is 2.29 bits per heavy atom.